The lowest BCUT2D eigenvalue weighted by atomic mass is 10.2. The van der Waals surface area contributed by atoms with Crippen LogP contribution in [0.1, 0.15) is 17.3 Å². The van der Waals surface area contributed by atoms with Crippen LogP contribution in [0.2, 0.25) is 10.2 Å². The van der Waals surface area contributed by atoms with E-state index in [1.54, 1.807) is 6.92 Å². The summed E-state index contributed by atoms with van der Waals surface area (Å²) in [6, 6.07) is 1.05. The molecular formula is C9H10Cl2N2O2. The molecule has 0 saturated carbocycles. The van der Waals surface area contributed by atoms with Crippen molar-refractivity contribution >= 4 is 29.1 Å². The van der Waals surface area contributed by atoms with E-state index in [9.17, 15) is 4.79 Å². The zero-order valence-corrected chi connectivity index (χ0v) is 9.51. The van der Waals surface area contributed by atoms with Crippen LogP contribution in [-0.4, -0.2) is 28.6 Å². The summed E-state index contributed by atoms with van der Waals surface area (Å²) >= 11 is 11.4. The Morgan fingerprint density at radius 2 is 2.33 bits per heavy atom. The third-order valence-corrected chi connectivity index (χ3v) is 2.23. The lowest BCUT2D eigenvalue weighted by Gasteiger charge is -2.11. The van der Waals surface area contributed by atoms with Crippen LogP contribution in [-0.2, 0) is 0 Å². The molecule has 1 aromatic rings. The Balaban J connectivity index is 2.86. The van der Waals surface area contributed by atoms with Gasteiger partial charge in [0.05, 0.1) is 17.2 Å². The molecular weight excluding hydrogens is 239 g/mol. The van der Waals surface area contributed by atoms with Crippen LogP contribution >= 0.6 is 23.2 Å². The highest BCUT2D eigenvalue weighted by Gasteiger charge is 2.13. The maximum atomic E-state index is 11.6. The van der Waals surface area contributed by atoms with E-state index in [1.165, 1.54) is 12.3 Å². The smallest absolute Gasteiger partial charge is 0.253 e. The third kappa shape index (κ3) is 3.34. The Labute approximate surface area is 97.2 Å². The van der Waals surface area contributed by atoms with Crippen LogP contribution < -0.4 is 5.32 Å². The van der Waals surface area contributed by atoms with Gasteiger partial charge in [-0.2, -0.15) is 0 Å². The second-order valence-electron chi connectivity index (χ2n) is 3.04. The normalized spacial score (nSPS) is 12.3. The first-order valence-corrected chi connectivity index (χ1v) is 5.03. The molecule has 0 aromatic carbocycles. The van der Waals surface area contributed by atoms with E-state index in [0.29, 0.717) is 0 Å². The SMILES string of the molecule is CC(CO)NC(=O)c1cc(Cl)ncc1Cl. The maximum absolute atomic E-state index is 11.6. The highest BCUT2D eigenvalue weighted by molar-refractivity contribution is 6.35. The van der Waals surface area contributed by atoms with Crippen molar-refractivity contribution in [2.45, 2.75) is 13.0 Å². The molecule has 2 N–H and O–H groups in total. The summed E-state index contributed by atoms with van der Waals surface area (Å²) in [6.45, 7) is 1.54. The molecule has 1 heterocycles. The second kappa shape index (κ2) is 5.30. The zero-order valence-electron chi connectivity index (χ0n) is 8.00. The molecule has 1 amide bonds. The third-order valence-electron chi connectivity index (χ3n) is 1.72. The fraction of sp³-hybridized carbons (Fsp3) is 0.333. The fourth-order valence-corrected chi connectivity index (χ4v) is 1.28. The van der Waals surface area contributed by atoms with E-state index in [-0.39, 0.29) is 34.3 Å². The van der Waals surface area contributed by atoms with Crippen molar-refractivity contribution in [1.82, 2.24) is 10.3 Å². The van der Waals surface area contributed by atoms with Gasteiger partial charge in [0.15, 0.2) is 0 Å². The Morgan fingerprint density at radius 3 is 2.93 bits per heavy atom. The first-order chi connectivity index (χ1) is 7.04. The number of pyridine rings is 1. The largest absolute Gasteiger partial charge is 0.394 e. The van der Waals surface area contributed by atoms with Crippen molar-refractivity contribution in [3.63, 3.8) is 0 Å². The van der Waals surface area contributed by atoms with Gasteiger partial charge in [-0.05, 0) is 13.0 Å². The summed E-state index contributed by atoms with van der Waals surface area (Å²) in [7, 11) is 0. The molecule has 0 radical (unpaired) electrons. The van der Waals surface area contributed by atoms with E-state index in [0.717, 1.165) is 0 Å². The van der Waals surface area contributed by atoms with Gasteiger partial charge < -0.3 is 10.4 Å². The van der Waals surface area contributed by atoms with Crippen molar-refractivity contribution in [3.8, 4) is 0 Å². The summed E-state index contributed by atoms with van der Waals surface area (Å²) in [6.07, 6.45) is 1.31. The molecule has 4 nitrogen and oxygen atoms in total. The van der Waals surface area contributed by atoms with Crippen LogP contribution in [0.5, 0.6) is 0 Å². The molecule has 82 valence electrons. The van der Waals surface area contributed by atoms with Crippen molar-refractivity contribution in [2.75, 3.05) is 6.61 Å². The number of hydrogen-bond donors (Lipinski definition) is 2. The molecule has 6 heteroatoms. The number of aliphatic hydroxyl groups excluding tert-OH is 1. The van der Waals surface area contributed by atoms with Crippen LogP contribution in [0.3, 0.4) is 0 Å². The number of amides is 1. The molecule has 15 heavy (non-hydrogen) atoms. The Hall–Kier alpha value is -0.840. The number of carbonyl (C=O) groups is 1. The van der Waals surface area contributed by atoms with Crippen LogP contribution in [0.15, 0.2) is 12.3 Å². The first kappa shape index (κ1) is 12.2. The van der Waals surface area contributed by atoms with E-state index < -0.39 is 0 Å². The molecule has 1 rings (SSSR count). The molecule has 0 saturated heterocycles. The fourth-order valence-electron chi connectivity index (χ4n) is 0.934. The van der Waals surface area contributed by atoms with Gasteiger partial charge >= 0.3 is 0 Å². The Morgan fingerprint density at radius 1 is 1.67 bits per heavy atom. The monoisotopic (exact) mass is 248 g/mol. The van der Waals surface area contributed by atoms with Crippen LogP contribution in [0, 0.1) is 0 Å². The van der Waals surface area contributed by atoms with Gasteiger partial charge in [-0.1, -0.05) is 23.2 Å². The minimum Gasteiger partial charge on any atom is -0.394 e. The highest BCUT2D eigenvalue weighted by atomic mass is 35.5. The molecule has 0 fully saturated rings. The van der Waals surface area contributed by atoms with Gasteiger partial charge in [0.1, 0.15) is 5.15 Å². The number of rotatable bonds is 3. The van der Waals surface area contributed by atoms with Gasteiger partial charge in [-0.3, -0.25) is 4.79 Å². The number of carbonyl (C=O) groups excluding carboxylic acids is 1. The molecule has 1 aromatic heterocycles. The van der Waals surface area contributed by atoms with Gasteiger partial charge in [0, 0.05) is 12.2 Å². The number of nitrogens with one attached hydrogen (secondary N) is 1. The minimum atomic E-state index is -0.383. The van der Waals surface area contributed by atoms with Gasteiger partial charge in [0.25, 0.3) is 5.91 Å². The summed E-state index contributed by atoms with van der Waals surface area (Å²) in [5, 5.41) is 11.7. The highest BCUT2D eigenvalue weighted by Crippen LogP contribution is 2.17. The average Bonchev–Trinajstić information content (AvgIpc) is 2.21. The van der Waals surface area contributed by atoms with Crippen LogP contribution in [0.4, 0.5) is 0 Å². The standard InChI is InChI=1S/C9H10Cl2N2O2/c1-5(4-14)13-9(15)6-2-8(11)12-3-7(6)10/h2-3,5,14H,4H2,1H3,(H,13,15). The van der Waals surface area contributed by atoms with Crippen molar-refractivity contribution < 1.29 is 9.90 Å². The number of hydrogen-bond acceptors (Lipinski definition) is 3. The van der Waals surface area contributed by atoms with Gasteiger partial charge in [0.2, 0.25) is 0 Å². The molecule has 0 bridgehead atoms. The predicted octanol–water partition coefficient (Wildman–Crippen LogP) is 1.50. The summed E-state index contributed by atoms with van der Waals surface area (Å²) in [4.78, 5) is 15.3. The maximum Gasteiger partial charge on any atom is 0.253 e. The van der Waals surface area contributed by atoms with E-state index >= 15 is 0 Å². The number of halogens is 2. The first-order valence-electron chi connectivity index (χ1n) is 4.27. The van der Waals surface area contributed by atoms with Crippen molar-refractivity contribution in [2.24, 2.45) is 0 Å². The molecule has 1 atom stereocenters. The van der Waals surface area contributed by atoms with Crippen molar-refractivity contribution in [3.05, 3.63) is 28.0 Å². The van der Waals surface area contributed by atoms with E-state index in [4.69, 9.17) is 28.3 Å². The summed E-state index contributed by atoms with van der Waals surface area (Å²) in [5.74, 6) is -0.383. The molecule has 0 aliphatic carbocycles. The number of aromatic nitrogens is 1. The topological polar surface area (TPSA) is 62.2 Å². The summed E-state index contributed by atoms with van der Waals surface area (Å²) in [5.41, 5.74) is 0.247. The zero-order chi connectivity index (χ0) is 11.4. The van der Waals surface area contributed by atoms with E-state index in [2.05, 4.69) is 10.3 Å². The number of nitrogens with zero attached hydrogens (tertiary/aromatic N) is 1. The van der Waals surface area contributed by atoms with Gasteiger partial charge in [-0.15, -0.1) is 0 Å². The van der Waals surface area contributed by atoms with Crippen LogP contribution in [0.25, 0.3) is 0 Å². The lowest BCUT2D eigenvalue weighted by molar-refractivity contribution is 0.0922. The molecule has 0 aliphatic rings. The Kier molecular flexibility index (Phi) is 4.32. The predicted molar refractivity (Wildman–Crippen MR) is 58.3 cm³/mol. The number of aliphatic hydroxyl groups is 1. The quantitative estimate of drug-likeness (QED) is 0.798. The summed E-state index contributed by atoms with van der Waals surface area (Å²) < 4.78 is 0. The van der Waals surface area contributed by atoms with Crippen molar-refractivity contribution in [1.29, 1.82) is 0 Å². The minimum absolute atomic E-state index is 0.137. The molecule has 0 aliphatic heterocycles. The average molecular weight is 249 g/mol. The molecule has 1 unspecified atom stereocenters. The molecule has 0 spiro atoms. The van der Waals surface area contributed by atoms with E-state index in [1.807, 2.05) is 0 Å². The Bertz CT molecular complexity index is 371. The lowest BCUT2D eigenvalue weighted by Crippen LogP contribution is -2.35. The van der Waals surface area contributed by atoms with Gasteiger partial charge in [-0.25, -0.2) is 4.98 Å². The second-order valence-corrected chi connectivity index (χ2v) is 3.84.